The lowest BCUT2D eigenvalue weighted by Crippen LogP contribution is -2.28. The predicted molar refractivity (Wildman–Crippen MR) is 47.6 cm³/mol. The second-order valence-corrected chi connectivity index (χ2v) is 4.21. The molecule has 0 aliphatic carbocycles. The lowest BCUT2D eigenvalue weighted by Gasteiger charge is -2.21. The van der Waals surface area contributed by atoms with Crippen molar-refractivity contribution in [1.82, 2.24) is 0 Å². The quantitative estimate of drug-likeness (QED) is 0.605. The summed E-state index contributed by atoms with van der Waals surface area (Å²) in [6, 6.07) is 0. The van der Waals surface area contributed by atoms with E-state index < -0.39 is 0 Å². The highest BCUT2D eigenvalue weighted by Crippen LogP contribution is 2.14. The molecule has 2 heterocycles. The van der Waals surface area contributed by atoms with Crippen molar-refractivity contribution >= 4 is 11.8 Å². The highest BCUT2D eigenvalue weighted by atomic mass is 32.2. The maximum Gasteiger partial charge on any atom is 0.104 e. The minimum atomic E-state index is 0.308. The van der Waals surface area contributed by atoms with Gasteiger partial charge in [-0.2, -0.15) is 11.8 Å². The van der Waals surface area contributed by atoms with Gasteiger partial charge in [0, 0.05) is 11.5 Å². The number of hydrogen-bond donors (Lipinski definition) is 0. The molecule has 0 spiro atoms. The number of hydrogen-bond acceptors (Lipinski definition) is 4. The molecular formula is C8H14O3S. The summed E-state index contributed by atoms with van der Waals surface area (Å²) in [7, 11) is 0. The topological polar surface area (TPSA) is 31.0 Å². The number of ether oxygens (including phenoxy) is 3. The van der Waals surface area contributed by atoms with Crippen LogP contribution in [0.25, 0.3) is 0 Å². The summed E-state index contributed by atoms with van der Waals surface area (Å²) in [4.78, 5) is 0. The van der Waals surface area contributed by atoms with Gasteiger partial charge in [0.1, 0.15) is 6.10 Å². The molecule has 0 aromatic rings. The summed E-state index contributed by atoms with van der Waals surface area (Å²) in [5, 5.41) is 0. The number of thioether (sulfide) groups is 1. The molecule has 2 unspecified atom stereocenters. The summed E-state index contributed by atoms with van der Waals surface area (Å²) in [6.45, 7) is 3.22. The van der Waals surface area contributed by atoms with Crippen molar-refractivity contribution < 1.29 is 14.2 Å². The van der Waals surface area contributed by atoms with Crippen LogP contribution >= 0.6 is 11.8 Å². The van der Waals surface area contributed by atoms with Crippen molar-refractivity contribution in [2.24, 2.45) is 0 Å². The molecule has 0 saturated carbocycles. The normalized spacial score (nSPS) is 35.0. The van der Waals surface area contributed by atoms with Gasteiger partial charge in [0.15, 0.2) is 0 Å². The maximum atomic E-state index is 5.49. The highest BCUT2D eigenvalue weighted by Gasteiger charge is 2.23. The first kappa shape index (κ1) is 8.81. The maximum absolute atomic E-state index is 5.49. The van der Waals surface area contributed by atoms with Crippen LogP contribution in [0.2, 0.25) is 0 Å². The fraction of sp³-hybridized carbons (Fsp3) is 1.00. The van der Waals surface area contributed by atoms with Gasteiger partial charge in [-0.25, -0.2) is 0 Å². The summed E-state index contributed by atoms with van der Waals surface area (Å²) in [5.41, 5.74) is 0. The summed E-state index contributed by atoms with van der Waals surface area (Å²) < 4.78 is 16.0. The van der Waals surface area contributed by atoms with E-state index in [1.165, 1.54) is 0 Å². The van der Waals surface area contributed by atoms with E-state index in [-0.39, 0.29) is 0 Å². The Balaban J connectivity index is 1.52. The lowest BCUT2D eigenvalue weighted by molar-refractivity contribution is -0.00509. The van der Waals surface area contributed by atoms with Crippen molar-refractivity contribution in [3.05, 3.63) is 0 Å². The Morgan fingerprint density at radius 1 is 1.25 bits per heavy atom. The molecule has 0 N–H and O–H groups in total. The van der Waals surface area contributed by atoms with Gasteiger partial charge in [0.25, 0.3) is 0 Å². The lowest BCUT2D eigenvalue weighted by atomic mass is 10.4. The van der Waals surface area contributed by atoms with Gasteiger partial charge in [0.05, 0.1) is 32.5 Å². The Kier molecular flexibility index (Phi) is 3.28. The molecule has 0 amide bonds. The van der Waals surface area contributed by atoms with E-state index in [9.17, 15) is 0 Å². The monoisotopic (exact) mass is 190 g/mol. The summed E-state index contributed by atoms with van der Waals surface area (Å²) in [6.07, 6.45) is 0.684. The molecule has 0 aromatic carbocycles. The van der Waals surface area contributed by atoms with Gasteiger partial charge in [-0.3, -0.25) is 0 Å². The molecule has 0 aromatic heterocycles. The zero-order chi connectivity index (χ0) is 8.23. The first-order valence-electron chi connectivity index (χ1n) is 4.34. The Labute approximate surface area is 76.7 Å². The fourth-order valence-corrected chi connectivity index (χ4v) is 1.96. The zero-order valence-corrected chi connectivity index (χ0v) is 7.85. The van der Waals surface area contributed by atoms with Gasteiger partial charge in [-0.05, 0) is 0 Å². The van der Waals surface area contributed by atoms with E-state index in [4.69, 9.17) is 14.2 Å². The third-order valence-corrected chi connectivity index (χ3v) is 2.96. The van der Waals surface area contributed by atoms with E-state index in [1.807, 2.05) is 11.8 Å². The third-order valence-electron chi connectivity index (χ3n) is 1.89. The average molecular weight is 190 g/mol. The molecule has 2 fully saturated rings. The SMILES string of the molecule is C1CSCC(COCC2CO2)O1. The molecule has 0 bridgehead atoms. The number of rotatable bonds is 4. The average Bonchev–Trinajstić information content (AvgIpc) is 2.90. The van der Waals surface area contributed by atoms with E-state index in [2.05, 4.69) is 0 Å². The summed E-state index contributed by atoms with van der Waals surface area (Å²) in [5.74, 6) is 2.20. The van der Waals surface area contributed by atoms with E-state index in [0.717, 1.165) is 37.9 Å². The van der Waals surface area contributed by atoms with Crippen molar-refractivity contribution in [3.63, 3.8) is 0 Å². The summed E-state index contributed by atoms with van der Waals surface area (Å²) >= 11 is 1.94. The molecule has 4 heteroatoms. The number of epoxide rings is 1. The molecule has 2 rings (SSSR count). The van der Waals surface area contributed by atoms with Crippen LogP contribution in [0.5, 0.6) is 0 Å². The first-order valence-corrected chi connectivity index (χ1v) is 5.49. The fourth-order valence-electron chi connectivity index (χ4n) is 1.13. The Bertz CT molecular complexity index is 132. The van der Waals surface area contributed by atoms with Gasteiger partial charge in [-0.1, -0.05) is 0 Å². The van der Waals surface area contributed by atoms with Crippen LogP contribution in [0, 0.1) is 0 Å². The third kappa shape index (κ3) is 2.94. The molecule has 0 radical (unpaired) electrons. The van der Waals surface area contributed by atoms with Crippen molar-refractivity contribution in [2.45, 2.75) is 12.2 Å². The Hall–Kier alpha value is 0.230. The van der Waals surface area contributed by atoms with E-state index >= 15 is 0 Å². The van der Waals surface area contributed by atoms with Crippen LogP contribution in [0.1, 0.15) is 0 Å². The molecule has 70 valence electrons. The second kappa shape index (κ2) is 4.46. The van der Waals surface area contributed by atoms with Crippen LogP contribution < -0.4 is 0 Å². The van der Waals surface area contributed by atoms with E-state index in [1.54, 1.807) is 0 Å². The zero-order valence-electron chi connectivity index (χ0n) is 7.03. The van der Waals surface area contributed by atoms with E-state index in [0.29, 0.717) is 12.2 Å². The Morgan fingerprint density at radius 3 is 2.75 bits per heavy atom. The standard InChI is InChI=1S/C8H14O3S/c1-2-12-6-8(10-1)4-9-3-7-5-11-7/h7-8H,1-6H2. The molecular weight excluding hydrogens is 176 g/mol. The second-order valence-electron chi connectivity index (χ2n) is 3.06. The van der Waals surface area contributed by atoms with Crippen molar-refractivity contribution in [1.29, 1.82) is 0 Å². The van der Waals surface area contributed by atoms with Gasteiger partial charge >= 0.3 is 0 Å². The van der Waals surface area contributed by atoms with Gasteiger partial charge < -0.3 is 14.2 Å². The van der Waals surface area contributed by atoms with Crippen LogP contribution in [0.4, 0.5) is 0 Å². The smallest absolute Gasteiger partial charge is 0.104 e. The van der Waals surface area contributed by atoms with Crippen molar-refractivity contribution in [3.8, 4) is 0 Å². The molecule has 2 atom stereocenters. The highest BCUT2D eigenvalue weighted by molar-refractivity contribution is 7.99. The van der Waals surface area contributed by atoms with Gasteiger partial charge in [0.2, 0.25) is 0 Å². The molecule has 12 heavy (non-hydrogen) atoms. The minimum Gasteiger partial charge on any atom is -0.376 e. The first-order chi connectivity index (χ1) is 5.95. The molecule has 2 saturated heterocycles. The van der Waals surface area contributed by atoms with Crippen LogP contribution in [-0.2, 0) is 14.2 Å². The largest absolute Gasteiger partial charge is 0.376 e. The molecule has 2 aliphatic heterocycles. The van der Waals surface area contributed by atoms with Crippen LogP contribution in [0.3, 0.4) is 0 Å². The predicted octanol–water partition coefficient (Wildman–Crippen LogP) is 0.534. The van der Waals surface area contributed by atoms with Gasteiger partial charge in [-0.15, -0.1) is 0 Å². The minimum absolute atomic E-state index is 0.308. The van der Waals surface area contributed by atoms with Crippen LogP contribution in [-0.4, -0.2) is 50.1 Å². The van der Waals surface area contributed by atoms with Crippen molar-refractivity contribution in [2.75, 3.05) is 37.9 Å². The Morgan fingerprint density at radius 2 is 2.08 bits per heavy atom. The van der Waals surface area contributed by atoms with Crippen LogP contribution in [0.15, 0.2) is 0 Å². The molecule has 3 nitrogen and oxygen atoms in total. The molecule has 2 aliphatic rings.